The molecule has 0 spiro atoms. The lowest BCUT2D eigenvalue weighted by Gasteiger charge is -2.03. The van der Waals surface area contributed by atoms with Crippen LogP contribution in [0.15, 0.2) is 48.8 Å². The fourth-order valence-corrected chi connectivity index (χ4v) is 1.39. The summed E-state index contributed by atoms with van der Waals surface area (Å²) < 4.78 is 1.99. The second kappa shape index (κ2) is 3.03. The van der Waals surface area contributed by atoms with Crippen molar-refractivity contribution in [2.45, 2.75) is 0 Å². The standard InChI is InChI=1S/C10H8ClN/c11-9-5-1-2-6-10(9)12-7-3-4-8-12/h1-8H. The third-order valence-electron chi connectivity index (χ3n) is 1.74. The number of halogens is 1. The highest BCUT2D eigenvalue weighted by Crippen LogP contribution is 2.19. The molecule has 12 heavy (non-hydrogen) atoms. The van der Waals surface area contributed by atoms with E-state index in [0.29, 0.717) is 0 Å². The van der Waals surface area contributed by atoms with E-state index in [4.69, 9.17) is 11.6 Å². The molecule has 60 valence electrons. The van der Waals surface area contributed by atoms with Crippen LogP contribution in [0.3, 0.4) is 0 Å². The highest BCUT2D eigenvalue weighted by Gasteiger charge is 1.97. The molecule has 2 rings (SSSR count). The average molecular weight is 178 g/mol. The Labute approximate surface area is 76.2 Å². The van der Waals surface area contributed by atoms with Crippen molar-refractivity contribution in [3.8, 4) is 5.69 Å². The van der Waals surface area contributed by atoms with Gasteiger partial charge in [0.15, 0.2) is 0 Å². The van der Waals surface area contributed by atoms with E-state index < -0.39 is 0 Å². The molecule has 0 saturated heterocycles. The third kappa shape index (κ3) is 1.23. The molecule has 0 bridgehead atoms. The maximum absolute atomic E-state index is 5.99. The maximum atomic E-state index is 5.99. The lowest BCUT2D eigenvalue weighted by Crippen LogP contribution is -1.89. The molecule has 0 aliphatic heterocycles. The van der Waals surface area contributed by atoms with Crippen molar-refractivity contribution < 1.29 is 0 Å². The molecule has 0 fully saturated rings. The van der Waals surface area contributed by atoms with Gasteiger partial charge in [0.1, 0.15) is 0 Å². The van der Waals surface area contributed by atoms with E-state index in [1.807, 2.05) is 53.4 Å². The average Bonchev–Trinajstić information content (AvgIpc) is 2.57. The third-order valence-corrected chi connectivity index (χ3v) is 2.05. The fourth-order valence-electron chi connectivity index (χ4n) is 1.16. The highest BCUT2D eigenvalue weighted by atomic mass is 35.5. The summed E-state index contributed by atoms with van der Waals surface area (Å²) in [5.74, 6) is 0. The molecule has 1 nitrogen and oxygen atoms in total. The van der Waals surface area contributed by atoms with Gasteiger partial charge in [-0.2, -0.15) is 0 Å². The minimum absolute atomic E-state index is 0.772. The van der Waals surface area contributed by atoms with Crippen LogP contribution in [0.4, 0.5) is 0 Å². The number of hydrogen-bond acceptors (Lipinski definition) is 0. The Morgan fingerprint density at radius 3 is 2.25 bits per heavy atom. The lowest BCUT2D eigenvalue weighted by molar-refractivity contribution is 1.08. The SMILES string of the molecule is Clc1ccccc1-n1cccc1. The van der Waals surface area contributed by atoms with Gasteiger partial charge in [0.2, 0.25) is 0 Å². The van der Waals surface area contributed by atoms with Crippen LogP contribution in [0.1, 0.15) is 0 Å². The van der Waals surface area contributed by atoms with Gasteiger partial charge in [0.05, 0.1) is 10.7 Å². The summed E-state index contributed by atoms with van der Waals surface area (Å²) in [6, 6.07) is 11.7. The van der Waals surface area contributed by atoms with Crippen LogP contribution in [-0.4, -0.2) is 4.57 Å². The Kier molecular flexibility index (Phi) is 1.88. The summed E-state index contributed by atoms with van der Waals surface area (Å²) in [4.78, 5) is 0. The zero-order valence-corrected chi connectivity index (χ0v) is 7.20. The Hall–Kier alpha value is -1.21. The molecule has 0 aliphatic rings. The number of aromatic nitrogens is 1. The first kappa shape index (κ1) is 7.44. The summed E-state index contributed by atoms with van der Waals surface area (Å²) in [5, 5.41) is 0.772. The second-order valence-corrected chi connectivity index (χ2v) is 2.95. The highest BCUT2D eigenvalue weighted by molar-refractivity contribution is 6.32. The minimum atomic E-state index is 0.772. The molecule has 0 N–H and O–H groups in total. The van der Waals surface area contributed by atoms with E-state index in [1.54, 1.807) is 0 Å². The van der Waals surface area contributed by atoms with Crippen LogP contribution < -0.4 is 0 Å². The molecular weight excluding hydrogens is 170 g/mol. The first-order valence-electron chi connectivity index (χ1n) is 3.76. The van der Waals surface area contributed by atoms with Crippen LogP contribution in [0.5, 0.6) is 0 Å². The first-order valence-corrected chi connectivity index (χ1v) is 4.13. The van der Waals surface area contributed by atoms with Crippen molar-refractivity contribution in [2.24, 2.45) is 0 Å². The maximum Gasteiger partial charge on any atom is 0.0646 e. The van der Waals surface area contributed by atoms with Gasteiger partial charge >= 0.3 is 0 Å². The van der Waals surface area contributed by atoms with Crippen LogP contribution in [0.2, 0.25) is 5.02 Å². The van der Waals surface area contributed by atoms with Gasteiger partial charge in [-0.25, -0.2) is 0 Å². The fraction of sp³-hybridized carbons (Fsp3) is 0. The molecule has 0 atom stereocenters. The number of rotatable bonds is 1. The Bertz CT molecular complexity index is 365. The van der Waals surface area contributed by atoms with Gasteiger partial charge in [-0.05, 0) is 24.3 Å². The summed E-state index contributed by atoms with van der Waals surface area (Å²) in [6.07, 6.45) is 3.95. The van der Waals surface area contributed by atoms with E-state index in [1.165, 1.54) is 0 Å². The normalized spacial score (nSPS) is 10.1. The Morgan fingerprint density at radius 2 is 1.58 bits per heavy atom. The number of para-hydroxylation sites is 1. The summed E-state index contributed by atoms with van der Waals surface area (Å²) >= 11 is 5.99. The van der Waals surface area contributed by atoms with Crippen molar-refractivity contribution in [1.29, 1.82) is 0 Å². The van der Waals surface area contributed by atoms with Gasteiger partial charge < -0.3 is 4.57 Å². The Balaban J connectivity index is 2.55. The quantitative estimate of drug-likeness (QED) is 0.631. The van der Waals surface area contributed by atoms with Crippen molar-refractivity contribution in [1.82, 2.24) is 4.57 Å². The minimum Gasteiger partial charge on any atom is -0.322 e. The summed E-state index contributed by atoms with van der Waals surface area (Å²) in [7, 11) is 0. The zero-order chi connectivity index (χ0) is 8.39. The molecule has 2 heteroatoms. The van der Waals surface area contributed by atoms with Crippen LogP contribution >= 0.6 is 11.6 Å². The summed E-state index contributed by atoms with van der Waals surface area (Å²) in [6.45, 7) is 0. The van der Waals surface area contributed by atoms with Gasteiger partial charge in [0.25, 0.3) is 0 Å². The molecular formula is C10H8ClN. The van der Waals surface area contributed by atoms with Gasteiger partial charge in [-0.3, -0.25) is 0 Å². The molecule has 1 aromatic carbocycles. The number of nitrogens with zero attached hydrogens (tertiary/aromatic N) is 1. The van der Waals surface area contributed by atoms with Crippen LogP contribution in [0.25, 0.3) is 5.69 Å². The van der Waals surface area contributed by atoms with Gasteiger partial charge in [-0.15, -0.1) is 0 Å². The monoisotopic (exact) mass is 177 g/mol. The predicted octanol–water partition coefficient (Wildman–Crippen LogP) is 3.13. The van der Waals surface area contributed by atoms with Crippen molar-refractivity contribution in [3.05, 3.63) is 53.8 Å². The summed E-state index contributed by atoms with van der Waals surface area (Å²) in [5.41, 5.74) is 1.02. The molecule has 1 heterocycles. The lowest BCUT2D eigenvalue weighted by atomic mass is 10.3. The molecule has 1 aromatic heterocycles. The van der Waals surface area contributed by atoms with Gasteiger partial charge in [0, 0.05) is 12.4 Å². The van der Waals surface area contributed by atoms with Crippen molar-refractivity contribution in [3.63, 3.8) is 0 Å². The molecule has 0 unspecified atom stereocenters. The molecule has 2 aromatic rings. The number of hydrogen-bond donors (Lipinski definition) is 0. The molecule has 0 aliphatic carbocycles. The van der Waals surface area contributed by atoms with E-state index >= 15 is 0 Å². The van der Waals surface area contributed by atoms with Crippen molar-refractivity contribution in [2.75, 3.05) is 0 Å². The largest absolute Gasteiger partial charge is 0.322 e. The van der Waals surface area contributed by atoms with Crippen LogP contribution in [0, 0.1) is 0 Å². The van der Waals surface area contributed by atoms with E-state index in [9.17, 15) is 0 Å². The zero-order valence-electron chi connectivity index (χ0n) is 6.44. The van der Waals surface area contributed by atoms with E-state index in [0.717, 1.165) is 10.7 Å². The smallest absolute Gasteiger partial charge is 0.0646 e. The van der Waals surface area contributed by atoms with Gasteiger partial charge in [-0.1, -0.05) is 23.7 Å². The molecule has 0 saturated carbocycles. The predicted molar refractivity (Wildman–Crippen MR) is 50.8 cm³/mol. The molecule has 0 amide bonds. The van der Waals surface area contributed by atoms with Crippen molar-refractivity contribution >= 4 is 11.6 Å². The Morgan fingerprint density at radius 1 is 0.917 bits per heavy atom. The second-order valence-electron chi connectivity index (χ2n) is 2.54. The van der Waals surface area contributed by atoms with E-state index in [-0.39, 0.29) is 0 Å². The topological polar surface area (TPSA) is 4.93 Å². The van der Waals surface area contributed by atoms with Crippen LogP contribution in [-0.2, 0) is 0 Å². The molecule has 0 radical (unpaired) electrons. The van der Waals surface area contributed by atoms with E-state index in [2.05, 4.69) is 0 Å². The number of benzene rings is 1. The first-order chi connectivity index (χ1) is 5.88.